The summed E-state index contributed by atoms with van der Waals surface area (Å²) in [5.74, 6) is -4.92. The standard InChI is InChI=1S/C23H25F2N3O3.C22H21F2N3O3.C21H19F4N3O3.C20H18F3N3O2.C20H19F2N3O2/c1-6-31-20-8-13(2)19(7-14(20)3)26-23-27-22(29)21(30-5)12-28(23)11-16-9-17(24)15(4)18(25)10-16;1-12-4-15-10-30-11-16(15)7-19(12)25-22-26-21(28)20(29-3)9-27(22)8-14-5-17(23)13(2)18(24)6-14;1-11-6-14(31-20(24)25)4-5-17(11)26-21-27-19(29)18(30-3)10-28(21)9-13-7-15(22)12(2)16(23)8-13;1-11-6-14(28-3)4-5-18(11)24-20-25-19(27)17(23)10-26(20)9-13-7-15(21)12(2)16(22)8-13;1-12-6-14(9-15(21)7-12)10-25-11-17(22)19(26)24-20(25)23-18-5-4-16(27-3)8-13(18)2/h7-10,12H,6,11H2,1-5H3,(H,26,27,29);4-7,9H,8,10-11H2,1-3H3,(H,25,26,28);4-8,10,20H,9H2,1-3H3,(H,26,27,29);4-8,10H,9H2,1-3H3,(H,24,25,27);4-9,11H,10H2,1-3H3,(H,23,24,26). The Hall–Kier alpha value is -16.8. The summed E-state index contributed by atoms with van der Waals surface area (Å²) in [6.45, 7) is 19.1. The molecule has 0 atom stereocenters. The van der Waals surface area contributed by atoms with Crippen LogP contribution in [0.25, 0.3) is 0 Å². The third-order valence-corrected chi connectivity index (χ3v) is 23.1. The van der Waals surface area contributed by atoms with Crippen LogP contribution in [-0.4, -0.2) is 96.5 Å². The van der Waals surface area contributed by atoms with E-state index < -0.39 is 92.6 Å². The van der Waals surface area contributed by atoms with Gasteiger partial charge in [0, 0.05) is 63.1 Å². The van der Waals surface area contributed by atoms with Crippen molar-refractivity contribution in [3.63, 3.8) is 0 Å². The summed E-state index contributed by atoms with van der Waals surface area (Å²) < 4.78 is 226. The van der Waals surface area contributed by atoms with Crippen molar-refractivity contribution in [1.29, 1.82) is 0 Å². The zero-order valence-corrected chi connectivity index (χ0v) is 82.7. The number of aromatic nitrogens is 10. The maximum absolute atomic E-state index is 14.0. The molecule has 0 radical (unpaired) electrons. The molecule has 770 valence electrons. The van der Waals surface area contributed by atoms with Gasteiger partial charge in [0.2, 0.25) is 58.6 Å². The lowest BCUT2D eigenvalue weighted by Gasteiger charge is -2.18. The average Bonchev–Trinajstić information content (AvgIpc) is 1.58. The van der Waals surface area contributed by atoms with Gasteiger partial charge in [0.15, 0.2) is 0 Å². The molecule has 10 aromatic carbocycles. The van der Waals surface area contributed by atoms with E-state index >= 15 is 0 Å². The van der Waals surface area contributed by atoms with Crippen LogP contribution in [-0.2, 0) is 50.7 Å². The maximum atomic E-state index is 14.0. The van der Waals surface area contributed by atoms with E-state index in [2.05, 4.69) is 56.2 Å². The van der Waals surface area contributed by atoms with Gasteiger partial charge in [-0.1, -0.05) is 12.1 Å². The Balaban J connectivity index is 0.000000163. The molecule has 0 unspecified atom stereocenters. The maximum Gasteiger partial charge on any atom is 0.387 e. The fourth-order valence-corrected chi connectivity index (χ4v) is 15.0. The Kier molecular flexibility index (Phi) is 36.0. The Bertz CT molecular complexity index is 7650. The van der Waals surface area contributed by atoms with Crippen LogP contribution in [0.4, 0.5) is 115 Å². The van der Waals surface area contributed by atoms with E-state index in [1.165, 1.54) is 148 Å². The molecular formula is C106H102F13N15O13. The number of ether oxygens (including phenoxy) is 8. The van der Waals surface area contributed by atoms with Crippen molar-refractivity contribution in [2.75, 3.05) is 68.7 Å². The van der Waals surface area contributed by atoms with Crippen molar-refractivity contribution in [2.24, 2.45) is 0 Å². The van der Waals surface area contributed by atoms with Gasteiger partial charge >= 0.3 is 34.4 Å². The van der Waals surface area contributed by atoms with Crippen molar-refractivity contribution in [2.45, 2.75) is 136 Å². The van der Waals surface area contributed by atoms with Crippen LogP contribution < -0.4 is 87.5 Å². The zero-order valence-electron chi connectivity index (χ0n) is 82.7. The van der Waals surface area contributed by atoms with Gasteiger partial charge in [0.1, 0.15) is 75.4 Å². The van der Waals surface area contributed by atoms with Crippen molar-refractivity contribution >= 4 is 58.2 Å². The minimum Gasteiger partial charge on any atom is -0.497 e. The number of nitrogens with zero attached hydrogens (tertiary/aromatic N) is 10. The van der Waals surface area contributed by atoms with E-state index in [9.17, 15) is 81.0 Å². The average molecular weight is 2040 g/mol. The predicted octanol–water partition coefficient (Wildman–Crippen LogP) is 21.2. The molecule has 0 saturated carbocycles. The lowest BCUT2D eigenvalue weighted by molar-refractivity contribution is -0.0498. The highest BCUT2D eigenvalue weighted by Crippen LogP contribution is 2.35. The molecular weight excluding hydrogens is 1940 g/mol. The number of halogens is 13. The molecule has 15 aromatic rings. The lowest BCUT2D eigenvalue weighted by atomic mass is 10.1. The van der Waals surface area contributed by atoms with Gasteiger partial charge in [-0.15, -0.1) is 0 Å². The Morgan fingerprint density at radius 1 is 0.306 bits per heavy atom. The van der Waals surface area contributed by atoms with E-state index in [1.807, 2.05) is 71.9 Å². The number of hydrogen-bond acceptors (Lipinski definition) is 23. The largest absolute Gasteiger partial charge is 0.497 e. The van der Waals surface area contributed by atoms with Gasteiger partial charge in [-0.05, 0) is 294 Å². The normalized spacial score (nSPS) is 11.2. The molecule has 0 saturated heterocycles. The molecule has 28 nitrogen and oxygen atoms in total. The number of nitrogens with one attached hydrogen (secondary N) is 5. The van der Waals surface area contributed by atoms with Crippen LogP contribution in [0.1, 0.15) is 107 Å². The minimum absolute atomic E-state index is 0.0221. The lowest BCUT2D eigenvalue weighted by Crippen LogP contribution is -2.20. The zero-order chi connectivity index (χ0) is 107. The number of benzene rings is 10. The molecule has 147 heavy (non-hydrogen) atoms. The third kappa shape index (κ3) is 28.0. The highest BCUT2D eigenvalue weighted by molar-refractivity contribution is 5.66. The first kappa shape index (κ1) is 109. The quantitative estimate of drug-likeness (QED) is 0.0272. The van der Waals surface area contributed by atoms with Crippen LogP contribution >= 0.6 is 0 Å². The van der Waals surface area contributed by atoms with E-state index in [1.54, 1.807) is 73.6 Å². The third-order valence-electron chi connectivity index (χ3n) is 23.1. The number of methoxy groups -OCH3 is 5. The number of alkyl halides is 2. The van der Waals surface area contributed by atoms with E-state index in [0.717, 1.165) is 86.2 Å². The SMILES string of the molecule is CCOc1cc(C)c(Nc2nc(=O)c(OC)cn2Cc2cc(F)c(C)c(F)c2)cc1C.COc1ccc(Nc2nc(=O)c(F)cn2Cc2cc(C)cc(F)c2)c(C)c1.COc1ccc(Nc2nc(=O)c(F)cn2Cc2cc(F)c(C)c(F)c2)c(C)c1.COc1cn(Cc2cc(F)c(C)c(F)c2)c(Nc2cc3c(cc2C)COC3)nc1=O.COc1cn(Cc2cc(F)c(C)c(F)c2)c(Nc2ccc(OC(F)F)cc2C)nc1=O. The molecule has 1 aliphatic rings. The van der Waals surface area contributed by atoms with E-state index in [4.69, 9.17) is 33.2 Å². The van der Waals surface area contributed by atoms with Crippen molar-refractivity contribution in [1.82, 2.24) is 47.8 Å². The highest BCUT2D eigenvalue weighted by Gasteiger charge is 2.24. The predicted molar refractivity (Wildman–Crippen MR) is 530 cm³/mol. The van der Waals surface area contributed by atoms with Crippen LogP contribution in [0, 0.1) is 140 Å². The fraction of sp³-hybridized carbons (Fsp3) is 0.245. The second kappa shape index (κ2) is 48.6. The minimum atomic E-state index is -2.96. The van der Waals surface area contributed by atoms with Gasteiger partial charge in [0.05, 0.1) is 107 Å². The summed E-state index contributed by atoms with van der Waals surface area (Å²) in [5, 5.41) is 15.3. The molecule has 5 aromatic heterocycles. The van der Waals surface area contributed by atoms with Crippen LogP contribution in [0.15, 0.2) is 201 Å². The molecule has 0 bridgehead atoms. The van der Waals surface area contributed by atoms with Gasteiger partial charge in [-0.2, -0.15) is 42.5 Å². The van der Waals surface area contributed by atoms with E-state index in [-0.39, 0.29) is 119 Å². The van der Waals surface area contributed by atoms with E-state index in [0.29, 0.717) is 76.2 Å². The molecule has 16 rings (SSSR count). The molecule has 5 N–H and O–H groups in total. The molecule has 0 aliphatic carbocycles. The summed E-state index contributed by atoms with van der Waals surface area (Å²) in [6, 6.07) is 36.9. The van der Waals surface area contributed by atoms with Crippen LogP contribution in [0.5, 0.6) is 40.2 Å². The molecule has 0 amide bonds. The fourth-order valence-electron chi connectivity index (χ4n) is 15.0. The first-order valence-corrected chi connectivity index (χ1v) is 45.1. The number of fused-ring (bicyclic) bond motifs is 1. The van der Waals surface area contributed by atoms with Crippen molar-refractivity contribution in [3.8, 4) is 40.2 Å². The molecule has 0 fully saturated rings. The Morgan fingerprint density at radius 2 is 0.599 bits per heavy atom. The first-order valence-electron chi connectivity index (χ1n) is 45.1. The summed E-state index contributed by atoms with van der Waals surface area (Å²) in [7, 11) is 7.14. The number of rotatable bonds is 29. The van der Waals surface area contributed by atoms with Gasteiger partial charge in [0.25, 0.3) is 0 Å². The molecule has 1 aliphatic heterocycles. The van der Waals surface area contributed by atoms with Gasteiger partial charge in [-0.25, -0.2) is 39.5 Å². The number of aryl methyl sites for hydroxylation is 7. The van der Waals surface area contributed by atoms with Gasteiger partial charge in [-0.3, -0.25) is 24.0 Å². The highest BCUT2D eigenvalue weighted by atomic mass is 19.3. The molecule has 41 heteroatoms. The smallest absolute Gasteiger partial charge is 0.387 e. The molecule has 0 spiro atoms. The topological polar surface area (TPSA) is 308 Å². The van der Waals surface area contributed by atoms with Gasteiger partial charge < -0.3 is 87.3 Å². The van der Waals surface area contributed by atoms with Crippen LogP contribution in [0.2, 0.25) is 0 Å². The van der Waals surface area contributed by atoms with Crippen molar-refractivity contribution in [3.05, 3.63) is 392 Å². The summed E-state index contributed by atoms with van der Waals surface area (Å²) >= 11 is 0. The summed E-state index contributed by atoms with van der Waals surface area (Å²) in [4.78, 5) is 79.7. The van der Waals surface area contributed by atoms with Crippen LogP contribution in [0.3, 0.4) is 0 Å². The second-order valence-electron chi connectivity index (χ2n) is 33.9. The summed E-state index contributed by atoms with van der Waals surface area (Å²) in [6.07, 6.45) is 6.31. The summed E-state index contributed by atoms with van der Waals surface area (Å²) in [5.41, 5.74) is 9.14. The first-order chi connectivity index (χ1) is 69.9. The Labute approximate surface area is 834 Å². The second-order valence-corrected chi connectivity index (χ2v) is 33.9. The Morgan fingerprint density at radius 3 is 0.918 bits per heavy atom. The molecule has 6 heterocycles. The number of hydrogen-bond donors (Lipinski definition) is 5. The monoisotopic (exact) mass is 2040 g/mol. The number of anilines is 10. The van der Waals surface area contributed by atoms with Crippen molar-refractivity contribution < 1.29 is 95.0 Å².